The molecule has 3 aromatic heterocycles. The molecule has 156 valence electrons. The van der Waals surface area contributed by atoms with Gasteiger partial charge in [0.05, 0.1) is 22.8 Å². The number of rotatable bonds is 4. The van der Waals surface area contributed by atoms with Crippen LogP contribution in [0.5, 0.6) is 0 Å². The van der Waals surface area contributed by atoms with Crippen LogP contribution in [-0.2, 0) is 0 Å². The van der Waals surface area contributed by atoms with Crippen molar-refractivity contribution in [1.82, 2.24) is 24.1 Å². The Labute approximate surface area is 173 Å². The van der Waals surface area contributed by atoms with E-state index in [0.717, 1.165) is 28.0 Å². The molecular formula is C22H25FN6O. The maximum absolute atomic E-state index is 14.9. The maximum Gasteiger partial charge on any atom is 0.241 e. The Hall–Kier alpha value is -3.00. The highest BCUT2D eigenvalue weighted by Crippen LogP contribution is 2.34. The summed E-state index contributed by atoms with van der Waals surface area (Å²) in [5.41, 5.74) is 3.01. The Balaban J connectivity index is 1.53. The quantitative estimate of drug-likeness (QED) is 0.531. The summed E-state index contributed by atoms with van der Waals surface area (Å²) < 4.78 is 18.7. The Morgan fingerprint density at radius 2 is 2.03 bits per heavy atom. The Morgan fingerprint density at radius 3 is 2.73 bits per heavy atom. The normalized spacial score (nSPS) is 21.5. The first-order valence-electron chi connectivity index (χ1n) is 10.2. The number of hydrogen-bond acceptors (Lipinski definition) is 5. The van der Waals surface area contributed by atoms with Crippen LogP contribution in [0.1, 0.15) is 45.5 Å². The summed E-state index contributed by atoms with van der Waals surface area (Å²) in [7, 11) is 0. The zero-order valence-corrected chi connectivity index (χ0v) is 17.5. The fourth-order valence-electron chi connectivity index (χ4n) is 4.57. The molecule has 7 nitrogen and oxygen atoms in total. The lowest BCUT2D eigenvalue weighted by Gasteiger charge is -2.41. The number of aryl methyl sites for hydroxylation is 1. The smallest absolute Gasteiger partial charge is 0.241 e. The van der Waals surface area contributed by atoms with Gasteiger partial charge < -0.3 is 15.0 Å². The number of imidazole rings is 1. The Morgan fingerprint density at radius 1 is 1.27 bits per heavy atom. The van der Waals surface area contributed by atoms with Crippen LogP contribution in [0.15, 0.2) is 30.6 Å². The Bertz CT molecular complexity index is 1260. The highest BCUT2D eigenvalue weighted by atomic mass is 19.1. The predicted octanol–water partition coefficient (Wildman–Crippen LogP) is 4.10. The number of benzene rings is 1. The molecule has 5 rings (SSSR count). The standard InChI is InChI=1S/C22H25FN6O/c1-12(2)29-13(3)25-20-17(23)7-14(8-18(20)29)16-5-6-28-19(16)11-24-21(27-28)26-15-9-22(4,30)10-15/h5-8,11-12,15,30H,9-10H2,1-4H3,(H,26,27). The van der Waals surface area contributed by atoms with Gasteiger partial charge >= 0.3 is 0 Å². The molecule has 1 aliphatic carbocycles. The average molecular weight is 408 g/mol. The van der Waals surface area contributed by atoms with Gasteiger partial charge in [0, 0.05) is 23.8 Å². The van der Waals surface area contributed by atoms with Crippen molar-refractivity contribution < 1.29 is 9.50 Å². The molecule has 0 unspecified atom stereocenters. The van der Waals surface area contributed by atoms with Gasteiger partial charge in [0.25, 0.3) is 0 Å². The zero-order valence-electron chi connectivity index (χ0n) is 17.5. The van der Waals surface area contributed by atoms with Crippen LogP contribution in [0.25, 0.3) is 27.7 Å². The van der Waals surface area contributed by atoms with E-state index in [-0.39, 0.29) is 17.9 Å². The van der Waals surface area contributed by atoms with E-state index >= 15 is 0 Å². The van der Waals surface area contributed by atoms with E-state index in [2.05, 4.69) is 34.2 Å². The van der Waals surface area contributed by atoms with E-state index in [1.165, 1.54) is 6.07 Å². The third-order valence-electron chi connectivity index (χ3n) is 5.87. The first-order chi connectivity index (χ1) is 14.2. The van der Waals surface area contributed by atoms with Crippen LogP contribution in [0.2, 0.25) is 0 Å². The van der Waals surface area contributed by atoms with Crippen LogP contribution in [0.4, 0.5) is 10.3 Å². The molecule has 8 heteroatoms. The van der Waals surface area contributed by atoms with Gasteiger partial charge in [0.2, 0.25) is 5.95 Å². The van der Waals surface area contributed by atoms with Gasteiger partial charge in [-0.3, -0.25) is 0 Å². The molecule has 3 heterocycles. The lowest BCUT2D eigenvalue weighted by atomic mass is 9.77. The van der Waals surface area contributed by atoms with Gasteiger partial charge in [0.1, 0.15) is 11.3 Å². The molecule has 4 aromatic rings. The molecular weight excluding hydrogens is 383 g/mol. The average Bonchev–Trinajstić information content (AvgIpc) is 3.20. The van der Waals surface area contributed by atoms with Crippen LogP contribution in [-0.4, -0.2) is 40.9 Å². The summed E-state index contributed by atoms with van der Waals surface area (Å²) in [4.78, 5) is 8.85. The molecule has 0 spiro atoms. The lowest BCUT2D eigenvalue weighted by molar-refractivity contribution is -0.0236. The second kappa shape index (κ2) is 6.50. The minimum Gasteiger partial charge on any atom is -0.390 e. The highest BCUT2D eigenvalue weighted by Gasteiger charge is 2.38. The van der Waals surface area contributed by atoms with Crippen LogP contribution in [0, 0.1) is 12.7 Å². The van der Waals surface area contributed by atoms with E-state index in [1.807, 2.05) is 36.7 Å². The third-order valence-corrected chi connectivity index (χ3v) is 5.87. The van der Waals surface area contributed by atoms with Crippen molar-refractivity contribution in [3.8, 4) is 11.1 Å². The van der Waals surface area contributed by atoms with Gasteiger partial charge in [-0.2, -0.15) is 0 Å². The van der Waals surface area contributed by atoms with Crippen molar-refractivity contribution in [2.75, 3.05) is 5.32 Å². The Kier molecular flexibility index (Phi) is 4.12. The van der Waals surface area contributed by atoms with Crippen molar-refractivity contribution in [3.05, 3.63) is 42.2 Å². The van der Waals surface area contributed by atoms with Crippen molar-refractivity contribution in [2.45, 2.75) is 58.2 Å². The monoisotopic (exact) mass is 408 g/mol. The molecule has 0 amide bonds. The number of nitrogens with zero attached hydrogens (tertiary/aromatic N) is 5. The van der Waals surface area contributed by atoms with E-state index in [4.69, 9.17) is 0 Å². The highest BCUT2D eigenvalue weighted by molar-refractivity contribution is 5.88. The molecule has 2 N–H and O–H groups in total. The van der Waals surface area contributed by atoms with E-state index in [0.29, 0.717) is 24.3 Å². The predicted molar refractivity (Wildman–Crippen MR) is 114 cm³/mol. The SMILES string of the molecule is Cc1nc2c(F)cc(-c3ccn4nc(NC5CC(C)(O)C5)ncc34)cc2n1C(C)C. The molecule has 30 heavy (non-hydrogen) atoms. The summed E-state index contributed by atoms with van der Waals surface area (Å²) in [5, 5.41) is 17.7. The first-order valence-corrected chi connectivity index (χ1v) is 10.2. The molecule has 1 saturated carbocycles. The number of nitrogens with one attached hydrogen (secondary N) is 1. The maximum atomic E-state index is 14.9. The molecule has 0 aliphatic heterocycles. The van der Waals surface area contributed by atoms with E-state index in [9.17, 15) is 9.50 Å². The number of fused-ring (bicyclic) bond motifs is 2. The van der Waals surface area contributed by atoms with Gasteiger partial charge in [-0.15, -0.1) is 5.10 Å². The molecule has 0 bridgehead atoms. The van der Waals surface area contributed by atoms with Crippen molar-refractivity contribution >= 4 is 22.5 Å². The topological polar surface area (TPSA) is 80.3 Å². The number of halogens is 1. The van der Waals surface area contributed by atoms with Gasteiger partial charge in [-0.25, -0.2) is 18.9 Å². The van der Waals surface area contributed by atoms with Gasteiger partial charge in [-0.1, -0.05) is 0 Å². The van der Waals surface area contributed by atoms with Crippen LogP contribution in [0.3, 0.4) is 0 Å². The number of anilines is 1. The van der Waals surface area contributed by atoms with Crippen LogP contribution >= 0.6 is 0 Å². The summed E-state index contributed by atoms with van der Waals surface area (Å²) in [6.07, 6.45) is 4.94. The first kappa shape index (κ1) is 19.0. The number of aliphatic hydroxyl groups is 1. The second-order valence-corrected chi connectivity index (χ2v) is 8.84. The molecule has 0 radical (unpaired) electrons. The zero-order chi connectivity index (χ0) is 21.2. The molecule has 1 aliphatic rings. The fourth-order valence-corrected chi connectivity index (χ4v) is 4.57. The number of aromatic nitrogens is 5. The third kappa shape index (κ3) is 3.02. The minimum atomic E-state index is -0.605. The number of hydrogen-bond donors (Lipinski definition) is 2. The summed E-state index contributed by atoms with van der Waals surface area (Å²) in [5.74, 6) is 0.979. The van der Waals surface area contributed by atoms with Gasteiger partial charge in [0.15, 0.2) is 5.82 Å². The minimum absolute atomic E-state index is 0.170. The second-order valence-electron chi connectivity index (χ2n) is 8.84. The molecule has 0 saturated heterocycles. The fraction of sp³-hybridized carbons (Fsp3) is 0.409. The summed E-state index contributed by atoms with van der Waals surface area (Å²) in [6.45, 7) is 7.86. The van der Waals surface area contributed by atoms with Crippen LogP contribution < -0.4 is 5.32 Å². The summed E-state index contributed by atoms with van der Waals surface area (Å²) in [6, 6.07) is 5.78. The lowest BCUT2D eigenvalue weighted by Crippen LogP contribution is -2.48. The van der Waals surface area contributed by atoms with Crippen molar-refractivity contribution in [1.29, 1.82) is 0 Å². The van der Waals surface area contributed by atoms with Gasteiger partial charge in [-0.05, 0) is 64.3 Å². The molecule has 1 aromatic carbocycles. The van der Waals surface area contributed by atoms with Crippen molar-refractivity contribution in [2.24, 2.45) is 0 Å². The largest absolute Gasteiger partial charge is 0.390 e. The van der Waals surface area contributed by atoms with E-state index in [1.54, 1.807) is 10.7 Å². The molecule has 1 fully saturated rings. The van der Waals surface area contributed by atoms with Crippen molar-refractivity contribution in [3.63, 3.8) is 0 Å². The molecule has 0 atom stereocenters. The summed E-state index contributed by atoms with van der Waals surface area (Å²) >= 11 is 0. The van der Waals surface area contributed by atoms with E-state index < -0.39 is 5.60 Å².